The number of carbonyl (C=O) groups excluding carboxylic acids is 1. The molecule has 0 bridgehead atoms. The van der Waals surface area contributed by atoms with Gasteiger partial charge in [-0.1, -0.05) is 48.0 Å². The van der Waals surface area contributed by atoms with Gasteiger partial charge in [0.25, 0.3) is 5.91 Å². The highest BCUT2D eigenvalue weighted by atomic mass is 35.5. The normalized spacial score (nSPS) is 14.3. The van der Waals surface area contributed by atoms with Gasteiger partial charge in [0, 0.05) is 44.4 Å². The number of hydrogen-bond donors (Lipinski definition) is 1. The Bertz CT molecular complexity index is 1110. The SMILES string of the molecule is COc1ccc(Cl)cc1C(=O)NC[C@@H](c1ccc(N(C)C)cc1)N1CCc2ccccc2C1. The van der Waals surface area contributed by atoms with Crippen molar-refractivity contribution in [3.8, 4) is 5.75 Å². The van der Waals surface area contributed by atoms with Crippen LogP contribution in [0.2, 0.25) is 5.02 Å². The van der Waals surface area contributed by atoms with Crippen LogP contribution in [0, 0.1) is 0 Å². The molecular weight excluding hydrogens is 434 g/mol. The average molecular weight is 464 g/mol. The number of benzene rings is 3. The van der Waals surface area contributed by atoms with Crippen LogP contribution in [0.1, 0.15) is 33.1 Å². The molecule has 0 aromatic heterocycles. The highest BCUT2D eigenvalue weighted by Crippen LogP contribution is 2.29. The molecule has 5 nitrogen and oxygen atoms in total. The Morgan fingerprint density at radius 3 is 2.52 bits per heavy atom. The van der Waals surface area contributed by atoms with Gasteiger partial charge in [0.1, 0.15) is 5.75 Å². The molecule has 1 aliphatic rings. The van der Waals surface area contributed by atoms with Crippen LogP contribution < -0.4 is 15.0 Å². The molecule has 4 rings (SSSR count). The maximum atomic E-state index is 13.1. The zero-order valence-corrected chi connectivity index (χ0v) is 20.1. The number of nitrogens with one attached hydrogen (secondary N) is 1. The van der Waals surface area contributed by atoms with Crippen molar-refractivity contribution in [2.45, 2.75) is 19.0 Å². The highest BCUT2D eigenvalue weighted by molar-refractivity contribution is 6.31. The fraction of sp³-hybridized carbons (Fsp3) is 0.296. The predicted octanol–water partition coefficient (Wildman–Crippen LogP) is 4.94. The van der Waals surface area contributed by atoms with Gasteiger partial charge >= 0.3 is 0 Å². The summed E-state index contributed by atoms with van der Waals surface area (Å²) in [4.78, 5) is 17.6. The van der Waals surface area contributed by atoms with Crippen molar-refractivity contribution >= 4 is 23.2 Å². The van der Waals surface area contributed by atoms with E-state index in [1.165, 1.54) is 16.7 Å². The van der Waals surface area contributed by atoms with Crippen LogP contribution in [-0.4, -0.2) is 45.1 Å². The van der Waals surface area contributed by atoms with Gasteiger partial charge in [-0.3, -0.25) is 9.69 Å². The van der Waals surface area contributed by atoms with Crippen LogP contribution in [0.25, 0.3) is 0 Å². The monoisotopic (exact) mass is 463 g/mol. The van der Waals surface area contributed by atoms with E-state index in [1.807, 2.05) is 14.1 Å². The van der Waals surface area contributed by atoms with Gasteiger partial charge in [-0.15, -0.1) is 0 Å². The topological polar surface area (TPSA) is 44.8 Å². The van der Waals surface area contributed by atoms with E-state index in [2.05, 4.69) is 63.6 Å². The minimum atomic E-state index is -0.193. The number of hydrogen-bond acceptors (Lipinski definition) is 4. The Balaban J connectivity index is 1.58. The fourth-order valence-electron chi connectivity index (χ4n) is 4.38. The van der Waals surface area contributed by atoms with E-state index in [-0.39, 0.29) is 11.9 Å². The third-order valence-corrected chi connectivity index (χ3v) is 6.49. The Hall–Kier alpha value is -3.02. The van der Waals surface area contributed by atoms with Crippen molar-refractivity contribution in [2.75, 3.05) is 39.2 Å². The number of halogens is 1. The predicted molar refractivity (Wildman–Crippen MR) is 134 cm³/mol. The maximum Gasteiger partial charge on any atom is 0.255 e. The van der Waals surface area contributed by atoms with Crippen LogP contribution in [0.4, 0.5) is 5.69 Å². The molecule has 0 radical (unpaired) electrons. The first kappa shape index (κ1) is 23.1. The number of ether oxygens (including phenoxy) is 1. The molecule has 0 unspecified atom stereocenters. The molecule has 0 aliphatic carbocycles. The molecule has 0 saturated carbocycles. The zero-order chi connectivity index (χ0) is 23.4. The Labute approximate surface area is 200 Å². The summed E-state index contributed by atoms with van der Waals surface area (Å²) in [5.41, 5.74) is 5.52. The van der Waals surface area contributed by atoms with Crippen molar-refractivity contribution in [2.24, 2.45) is 0 Å². The Morgan fingerprint density at radius 1 is 1.09 bits per heavy atom. The van der Waals surface area contributed by atoms with E-state index >= 15 is 0 Å². The van der Waals surface area contributed by atoms with Crippen LogP contribution in [-0.2, 0) is 13.0 Å². The summed E-state index contributed by atoms with van der Waals surface area (Å²) in [5, 5.41) is 3.63. The molecule has 3 aromatic rings. The Kier molecular flexibility index (Phi) is 7.21. The summed E-state index contributed by atoms with van der Waals surface area (Å²) < 4.78 is 5.37. The fourth-order valence-corrected chi connectivity index (χ4v) is 4.55. The number of fused-ring (bicyclic) bond motifs is 1. The molecule has 1 aliphatic heterocycles. The van der Waals surface area contributed by atoms with E-state index < -0.39 is 0 Å². The summed E-state index contributed by atoms with van der Waals surface area (Å²) in [6, 6.07) is 22.3. The molecule has 1 atom stereocenters. The summed E-state index contributed by atoms with van der Waals surface area (Å²) in [6.45, 7) is 2.28. The van der Waals surface area contributed by atoms with E-state index in [9.17, 15) is 4.79 Å². The van der Waals surface area contributed by atoms with E-state index in [4.69, 9.17) is 16.3 Å². The average Bonchev–Trinajstić information content (AvgIpc) is 2.84. The molecule has 0 saturated heterocycles. The lowest BCUT2D eigenvalue weighted by Gasteiger charge is -2.36. The molecule has 0 fully saturated rings. The third kappa shape index (κ3) is 5.32. The second-order valence-electron chi connectivity index (χ2n) is 8.55. The van der Waals surface area contributed by atoms with E-state index in [0.29, 0.717) is 22.9 Å². The van der Waals surface area contributed by atoms with Gasteiger partial charge in [0.05, 0.1) is 18.7 Å². The summed E-state index contributed by atoms with van der Waals surface area (Å²) in [5.74, 6) is 0.317. The molecule has 0 spiro atoms. The highest BCUT2D eigenvalue weighted by Gasteiger charge is 2.26. The largest absolute Gasteiger partial charge is 0.496 e. The molecule has 172 valence electrons. The lowest BCUT2D eigenvalue weighted by molar-refractivity contribution is 0.0924. The van der Waals surface area contributed by atoms with Crippen molar-refractivity contribution in [1.82, 2.24) is 10.2 Å². The third-order valence-electron chi connectivity index (χ3n) is 6.26. The molecular formula is C27H30ClN3O2. The lowest BCUT2D eigenvalue weighted by Crippen LogP contribution is -2.40. The van der Waals surface area contributed by atoms with E-state index in [0.717, 1.165) is 25.2 Å². The standard InChI is InChI=1S/C27H30ClN3O2/c1-30(2)23-11-8-20(9-12-23)25(31-15-14-19-6-4-5-7-21(19)18-31)17-29-27(32)24-16-22(28)10-13-26(24)33-3/h4-13,16,25H,14-15,17-18H2,1-3H3,(H,29,32)/t25-/m0/s1. The second kappa shape index (κ2) is 10.3. The van der Waals surface area contributed by atoms with Crippen molar-refractivity contribution in [3.63, 3.8) is 0 Å². The van der Waals surface area contributed by atoms with Gasteiger partial charge in [-0.05, 0) is 53.4 Å². The number of nitrogens with zero attached hydrogens (tertiary/aromatic N) is 2. The summed E-state index contributed by atoms with van der Waals surface area (Å²) >= 11 is 6.14. The van der Waals surface area contributed by atoms with Crippen LogP contribution in [0.15, 0.2) is 66.7 Å². The minimum Gasteiger partial charge on any atom is -0.496 e. The quantitative estimate of drug-likeness (QED) is 0.538. The first-order valence-electron chi connectivity index (χ1n) is 11.2. The van der Waals surface area contributed by atoms with E-state index in [1.54, 1.807) is 25.3 Å². The van der Waals surface area contributed by atoms with Crippen LogP contribution >= 0.6 is 11.6 Å². The smallest absolute Gasteiger partial charge is 0.255 e. The number of methoxy groups -OCH3 is 1. The summed E-state index contributed by atoms with van der Waals surface area (Å²) in [7, 11) is 5.62. The molecule has 3 aromatic carbocycles. The second-order valence-corrected chi connectivity index (χ2v) is 8.98. The first-order valence-corrected chi connectivity index (χ1v) is 11.5. The number of anilines is 1. The minimum absolute atomic E-state index is 0.0451. The molecule has 1 amide bonds. The van der Waals surface area contributed by atoms with Gasteiger partial charge < -0.3 is 15.0 Å². The van der Waals surface area contributed by atoms with Crippen LogP contribution in [0.3, 0.4) is 0 Å². The van der Waals surface area contributed by atoms with Crippen molar-refractivity contribution in [3.05, 3.63) is 94.0 Å². The van der Waals surface area contributed by atoms with Gasteiger partial charge in [-0.2, -0.15) is 0 Å². The Morgan fingerprint density at radius 2 is 1.82 bits per heavy atom. The number of carbonyl (C=O) groups is 1. The molecule has 1 heterocycles. The van der Waals surface area contributed by atoms with Gasteiger partial charge in [0.15, 0.2) is 0 Å². The molecule has 33 heavy (non-hydrogen) atoms. The van der Waals surface area contributed by atoms with Crippen LogP contribution in [0.5, 0.6) is 5.75 Å². The lowest BCUT2D eigenvalue weighted by atomic mass is 9.96. The van der Waals surface area contributed by atoms with Crippen molar-refractivity contribution < 1.29 is 9.53 Å². The number of rotatable bonds is 7. The van der Waals surface area contributed by atoms with Gasteiger partial charge in [-0.25, -0.2) is 0 Å². The number of amides is 1. The molecule has 1 N–H and O–H groups in total. The maximum absolute atomic E-state index is 13.1. The first-order chi connectivity index (χ1) is 16.0. The zero-order valence-electron chi connectivity index (χ0n) is 19.3. The summed E-state index contributed by atoms with van der Waals surface area (Å²) in [6.07, 6.45) is 0.999. The molecule has 6 heteroatoms. The van der Waals surface area contributed by atoms with Crippen molar-refractivity contribution in [1.29, 1.82) is 0 Å². The van der Waals surface area contributed by atoms with Gasteiger partial charge in [0.2, 0.25) is 0 Å².